The molecular formula is C19H15N3O2S2. The van der Waals surface area contributed by atoms with Crippen molar-refractivity contribution in [3.05, 3.63) is 85.1 Å². The number of hydrogen-bond acceptors (Lipinski definition) is 5. The van der Waals surface area contributed by atoms with E-state index in [1.54, 1.807) is 45.8 Å². The van der Waals surface area contributed by atoms with Crippen molar-refractivity contribution in [3.63, 3.8) is 0 Å². The summed E-state index contributed by atoms with van der Waals surface area (Å²) in [5, 5.41) is 11.5. The predicted octanol–water partition coefficient (Wildman–Crippen LogP) is 3.89. The maximum Gasteiger partial charge on any atom is 0.275 e. The van der Waals surface area contributed by atoms with E-state index in [4.69, 9.17) is 0 Å². The van der Waals surface area contributed by atoms with Crippen LogP contribution in [0.2, 0.25) is 0 Å². The van der Waals surface area contributed by atoms with Gasteiger partial charge in [-0.2, -0.15) is 5.10 Å². The molecule has 4 aromatic rings. The van der Waals surface area contributed by atoms with Crippen molar-refractivity contribution in [2.24, 2.45) is 0 Å². The molecule has 0 saturated heterocycles. The summed E-state index contributed by atoms with van der Waals surface area (Å²) >= 11 is 3.23. The number of aromatic amines is 1. The van der Waals surface area contributed by atoms with E-state index < -0.39 is 0 Å². The van der Waals surface area contributed by atoms with Gasteiger partial charge in [-0.1, -0.05) is 30.3 Å². The number of nitrogens with one attached hydrogen (secondary N) is 1. The number of carbonyl (C=O) groups excluding carboxylic acids is 1. The van der Waals surface area contributed by atoms with E-state index in [0.717, 1.165) is 9.75 Å². The summed E-state index contributed by atoms with van der Waals surface area (Å²) in [5.41, 5.74) is -0.0199. The SMILES string of the molecule is O=C(c1n[nH]c(=O)c2ccccc12)N(Cc1cccs1)Cc1cccs1. The first-order valence-electron chi connectivity index (χ1n) is 8.04. The maximum absolute atomic E-state index is 13.3. The number of carbonyl (C=O) groups is 1. The van der Waals surface area contributed by atoms with Crippen LogP contribution >= 0.6 is 22.7 Å². The Morgan fingerprint density at radius 1 is 0.923 bits per heavy atom. The van der Waals surface area contributed by atoms with E-state index in [2.05, 4.69) is 10.2 Å². The van der Waals surface area contributed by atoms with Crippen LogP contribution in [0.5, 0.6) is 0 Å². The fourth-order valence-corrected chi connectivity index (χ4v) is 4.25. The molecule has 5 nitrogen and oxygen atoms in total. The summed E-state index contributed by atoms with van der Waals surface area (Å²) in [7, 11) is 0. The highest BCUT2D eigenvalue weighted by Crippen LogP contribution is 2.21. The molecule has 130 valence electrons. The number of fused-ring (bicyclic) bond motifs is 1. The molecule has 0 radical (unpaired) electrons. The Morgan fingerprint density at radius 2 is 1.54 bits per heavy atom. The Kier molecular flexibility index (Phi) is 4.64. The van der Waals surface area contributed by atoms with Gasteiger partial charge in [-0.05, 0) is 29.0 Å². The van der Waals surface area contributed by atoms with Crippen LogP contribution in [0.15, 0.2) is 64.1 Å². The molecule has 1 N–H and O–H groups in total. The lowest BCUT2D eigenvalue weighted by Gasteiger charge is -2.21. The van der Waals surface area contributed by atoms with Crippen LogP contribution in [0.3, 0.4) is 0 Å². The van der Waals surface area contributed by atoms with Crippen LogP contribution in [-0.2, 0) is 13.1 Å². The van der Waals surface area contributed by atoms with E-state index in [0.29, 0.717) is 23.9 Å². The molecule has 0 saturated carbocycles. The van der Waals surface area contributed by atoms with Gasteiger partial charge in [0.15, 0.2) is 5.69 Å². The van der Waals surface area contributed by atoms with Gasteiger partial charge in [0.25, 0.3) is 11.5 Å². The Morgan fingerprint density at radius 3 is 2.12 bits per heavy atom. The first-order valence-corrected chi connectivity index (χ1v) is 9.80. The van der Waals surface area contributed by atoms with Crippen molar-refractivity contribution in [2.75, 3.05) is 0 Å². The van der Waals surface area contributed by atoms with Gasteiger partial charge in [-0.25, -0.2) is 5.10 Å². The zero-order valence-electron chi connectivity index (χ0n) is 13.7. The number of rotatable bonds is 5. The Hall–Kier alpha value is -2.77. The molecule has 0 fully saturated rings. The molecular weight excluding hydrogens is 366 g/mol. The van der Waals surface area contributed by atoms with Crippen molar-refractivity contribution in [3.8, 4) is 0 Å². The van der Waals surface area contributed by atoms with Gasteiger partial charge in [0.2, 0.25) is 0 Å². The summed E-state index contributed by atoms with van der Waals surface area (Å²) in [6, 6.07) is 15.0. The number of aromatic nitrogens is 2. The summed E-state index contributed by atoms with van der Waals surface area (Å²) in [6.45, 7) is 1.01. The minimum absolute atomic E-state index is 0.195. The zero-order valence-corrected chi connectivity index (χ0v) is 15.3. The predicted molar refractivity (Wildman–Crippen MR) is 105 cm³/mol. The Balaban J connectivity index is 1.74. The quantitative estimate of drug-likeness (QED) is 0.570. The second-order valence-corrected chi connectivity index (χ2v) is 7.83. The number of thiophene rings is 2. The third-order valence-electron chi connectivity index (χ3n) is 4.04. The molecule has 0 unspecified atom stereocenters. The van der Waals surface area contributed by atoms with Gasteiger partial charge in [0.05, 0.1) is 18.5 Å². The summed E-state index contributed by atoms with van der Waals surface area (Å²) in [6.07, 6.45) is 0. The monoisotopic (exact) mass is 381 g/mol. The average Bonchev–Trinajstić information content (AvgIpc) is 3.35. The minimum atomic E-state index is -0.291. The highest BCUT2D eigenvalue weighted by atomic mass is 32.1. The lowest BCUT2D eigenvalue weighted by molar-refractivity contribution is 0.0728. The molecule has 0 aliphatic carbocycles. The number of nitrogens with zero attached hydrogens (tertiary/aromatic N) is 2. The van der Waals surface area contributed by atoms with Gasteiger partial charge in [-0.3, -0.25) is 9.59 Å². The molecule has 7 heteroatoms. The van der Waals surface area contributed by atoms with E-state index >= 15 is 0 Å². The lowest BCUT2D eigenvalue weighted by Crippen LogP contribution is -2.31. The second-order valence-electron chi connectivity index (χ2n) is 5.77. The van der Waals surface area contributed by atoms with E-state index in [9.17, 15) is 9.59 Å². The number of benzene rings is 1. The molecule has 0 spiro atoms. The van der Waals surface area contributed by atoms with Gasteiger partial charge < -0.3 is 4.90 Å². The molecule has 0 aliphatic heterocycles. The highest BCUT2D eigenvalue weighted by molar-refractivity contribution is 7.10. The van der Waals surface area contributed by atoms with Crippen LogP contribution < -0.4 is 5.56 Å². The molecule has 3 aromatic heterocycles. The Bertz CT molecular complexity index is 1050. The minimum Gasteiger partial charge on any atom is -0.327 e. The largest absolute Gasteiger partial charge is 0.327 e. The zero-order chi connectivity index (χ0) is 17.9. The smallest absolute Gasteiger partial charge is 0.275 e. The van der Waals surface area contributed by atoms with Gasteiger partial charge in [-0.15, -0.1) is 22.7 Å². The van der Waals surface area contributed by atoms with Crippen LogP contribution in [0.1, 0.15) is 20.2 Å². The molecule has 0 atom stereocenters. The number of hydrogen-bond donors (Lipinski definition) is 1. The van der Waals surface area contributed by atoms with Crippen molar-refractivity contribution < 1.29 is 4.79 Å². The van der Waals surface area contributed by atoms with Crippen LogP contribution in [-0.4, -0.2) is 21.0 Å². The van der Waals surface area contributed by atoms with Crippen molar-refractivity contribution >= 4 is 39.4 Å². The highest BCUT2D eigenvalue weighted by Gasteiger charge is 2.22. The topological polar surface area (TPSA) is 66.1 Å². The third kappa shape index (κ3) is 3.31. The fourth-order valence-electron chi connectivity index (χ4n) is 2.81. The number of H-pyrrole nitrogens is 1. The van der Waals surface area contributed by atoms with Gasteiger partial charge in [0, 0.05) is 15.1 Å². The second kappa shape index (κ2) is 7.23. The molecule has 0 bridgehead atoms. The first kappa shape index (κ1) is 16.7. The average molecular weight is 381 g/mol. The maximum atomic E-state index is 13.3. The van der Waals surface area contributed by atoms with E-state index in [1.807, 2.05) is 41.1 Å². The standard InChI is InChI=1S/C19H15N3O2S2/c23-18-16-8-2-1-7-15(16)17(20-21-18)19(24)22(11-13-5-3-9-25-13)12-14-6-4-10-26-14/h1-10H,11-12H2,(H,21,23). The van der Waals surface area contributed by atoms with E-state index in [1.165, 1.54) is 0 Å². The molecule has 1 amide bonds. The molecule has 26 heavy (non-hydrogen) atoms. The normalized spacial score (nSPS) is 10.9. The van der Waals surface area contributed by atoms with Crippen LogP contribution in [0.4, 0.5) is 0 Å². The van der Waals surface area contributed by atoms with Crippen LogP contribution in [0.25, 0.3) is 10.8 Å². The lowest BCUT2D eigenvalue weighted by atomic mass is 10.1. The molecule has 0 aliphatic rings. The molecule has 3 heterocycles. The van der Waals surface area contributed by atoms with Gasteiger partial charge >= 0.3 is 0 Å². The summed E-state index contributed by atoms with van der Waals surface area (Å²) in [4.78, 5) is 29.2. The molecule has 4 rings (SSSR count). The van der Waals surface area contributed by atoms with Crippen molar-refractivity contribution in [1.29, 1.82) is 0 Å². The van der Waals surface area contributed by atoms with Crippen molar-refractivity contribution in [2.45, 2.75) is 13.1 Å². The third-order valence-corrected chi connectivity index (χ3v) is 5.76. The van der Waals surface area contributed by atoms with Gasteiger partial charge in [0.1, 0.15) is 0 Å². The van der Waals surface area contributed by atoms with Crippen LogP contribution in [0, 0.1) is 0 Å². The van der Waals surface area contributed by atoms with E-state index in [-0.39, 0.29) is 17.2 Å². The van der Waals surface area contributed by atoms with Crippen molar-refractivity contribution in [1.82, 2.24) is 15.1 Å². The number of amides is 1. The first-order chi connectivity index (χ1) is 12.7. The summed E-state index contributed by atoms with van der Waals surface area (Å²) < 4.78 is 0. The summed E-state index contributed by atoms with van der Waals surface area (Å²) in [5.74, 6) is -0.195. The molecule has 1 aromatic carbocycles. The Labute approximate surface area is 157 Å². The fraction of sp³-hybridized carbons (Fsp3) is 0.105.